The highest BCUT2D eigenvalue weighted by Gasteiger charge is 2.10. The molecule has 1 aromatic carbocycles. The van der Waals surface area contributed by atoms with Gasteiger partial charge in [0.25, 0.3) is 0 Å². The highest BCUT2D eigenvalue weighted by Crippen LogP contribution is 2.02. The van der Waals surface area contributed by atoms with Crippen LogP contribution in [0.25, 0.3) is 0 Å². The number of benzene rings is 1. The average Bonchev–Trinajstić information content (AvgIpc) is 2.28. The maximum atomic E-state index is 11.0. The van der Waals surface area contributed by atoms with Gasteiger partial charge in [0.15, 0.2) is 0 Å². The second-order valence-electron chi connectivity index (χ2n) is 3.25. The van der Waals surface area contributed by atoms with Gasteiger partial charge in [-0.2, -0.15) is 0 Å². The van der Waals surface area contributed by atoms with E-state index in [2.05, 4.69) is 4.74 Å². The third-order valence-electron chi connectivity index (χ3n) is 1.85. The first-order valence-electron chi connectivity index (χ1n) is 5.13. The maximum Gasteiger partial charge on any atom is 0.516 e. The summed E-state index contributed by atoms with van der Waals surface area (Å²) in [5.74, 6) is -0.555. The van der Waals surface area contributed by atoms with E-state index < -0.39 is 12.1 Å². The smallest absolute Gasteiger partial charge is 0.429 e. The molecule has 0 aliphatic rings. The fraction of sp³-hybridized carbons (Fsp3) is 0.333. The monoisotopic (exact) mass is 222 g/mol. The molecule has 0 saturated carbocycles. The lowest BCUT2D eigenvalue weighted by molar-refractivity contribution is -0.140. The average molecular weight is 222 g/mol. The van der Waals surface area contributed by atoms with E-state index in [1.54, 1.807) is 0 Å². The molecule has 0 unspecified atom stereocenters. The van der Waals surface area contributed by atoms with Gasteiger partial charge in [-0.25, -0.2) is 4.79 Å². The van der Waals surface area contributed by atoms with E-state index in [-0.39, 0.29) is 13.0 Å². The quantitative estimate of drug-likeness (QED) is 0.580. The Hall–Kier alpha value is -1.84. The zero-order valence-corrected chi connectivity index (χ0v) is 9.14. The molecule has 16 heavy (non-hydrogen) atoms. The molecule has 0 atom stereocenters. The van der Waals surface area contributed by atoms with Gasteiger partial charge in [-0.15, -0.1) is 0 Å². The van der Waals surface area contributed by atoms with Crippen molar-refractivity contribution in [2.24, 2.45) is 0 Å². The molecule has 86 valence electrons. The Balaban J connectivity index is 2.28. The summed E-state index contributed by atoms with van der Waals surface area (Å²) in [6.45, 7) is 1.94. The molecule has 0 aliphatic heterocycles. The van der Waals surface area contributed by atoms with Crippen LogP contribution in [0, 0.1) is 0 Å². The summed E-state index contributed by atoms with van der Waals surface area (Å²) in [7, 11) is 0. The van der Waals surface area contributed by atoms with Gasteiger partial charge in [0, 0.05) is 6.42 Å². The van der Waals surface area contributed by atoms with Crippen LogP contribution < -0.4 is 0 Å². The molecular formula is C12H14O4. The molecular weight excluding hydrogens is 208 g/mol. The van der Waals surface area contributed by atoms with Crippen LogP contribution in [0.5, 0.6) is 0 Å². The van der Waals surface area contributed by atoms with E-state index in [4.69, 9.17) is 4.74 Å². The number of ether oxygens (including phenoxy) is 2. The lowest BCUT2D eigenvalue weighted by Crippen LogP contribution is -2.13. The van der Waals surface area contributed by atoms with E-state index in [1.165, 1.54) is 0 Å². The zero-order chi connectivity index (χ0) is 11.8. The third kappa shape index (κ3) is 4.59. The molecule has 4 nitrogen and oxygen atoms in total. The molecule has 0 radical (unpaired) electrons. The summed E-state index contributed by atoms with van der Waals surface area (Å²) in [6.07, 6.45) is -0.0760. The van der Waals surface area contributed by atoms with Gasteiger partial charge < -0.3 is 9.47 Å². The van der Waals surface area contributed by atoms with Crippen molar-refractivity contribution in [1.29, 1.82) is 0 Å². The second kappa shape index (κ2) is 6.61. The summed E-state index contributed by atoms with van der Waals surface area (Å²) in [4.78, 5) is 22.0. The summed E-state index contributed by atoms with van der Waals surface area (Å²) < 4.78 is 9.18. The molecule has 0 N–H and O–H groups in total. The lowest BCUT2D eigenvalue weighted by atomic mass is 10.2. The SMILES string of the molecule is CCCC(=O)OC(=O)OCc1ccccc1. The van der Waals surface area contributed by atoms with Gasteiger partial charge in [0.05, 0.1) is 0 Å². The Kier molecular flexibility index (Phi) is 5.05. The van der Waals surface area contributed by atoms with Gasteiger partial charge in [0.2, 0.25) is 0 Å². The van der Waals surface area contributed by atoms with E-state index in [0.29, 0.717) is 6.42 Å². The van der Waals surface area contributed by atoms with Gasteiger partial charge in [-0.05, 0) is 12.0 Å². The Morgan fingerprint density at radius 1 is 1.19 bits per heavy atom. The van der Waals surface area contributed by atoms with Crippen LogP contribution in [0.15, 0.2) is 30.3 Å². The normalized spacial score (nSPS) is 9.56. The molecule has 0 heterocycles. The second-order valence-corrected chi connectivity index (χ2v) is 3.25. The summed E-state index contributed by atoms with van der Waals surface area (Å²) in [5.41, 5.74) is 0.849. The molecule has 0 bridgehead atoms. The Bertz CT molecular complexity index is 345. The number of carbonyl (C=O) groups is 2. The van der Waals surface area contributed by atoms with E-state index >= 15 is 0 Å². The fourth-order valence-corrected chi connectivity index (χ4v) is 1.09. The number of hydrogen-bond donors (Lipinski definition) is 0. The first kappa shape index (κ1) is 12.2. The third-order valence-corrected chi connectivity index (χ3v) is 1.85. The molecule has 0 aliphatic carbocycles. The van der Waals surface area contributed by atoms with Crippen molar-refractivity contribution in [2.75, 3.05) is 0 Å². The van der Waals surface area contributed by atoms with Crippen LogP contribution in [-0.4, -0.2) is 12.1 Å². The van der Waals surface area contributed by atoms with Crippen molar-refractivity contribution < 1.29 is 19.1 Å². The number of hydrogen-bond acceptors (Lipinski definition) is 4. The number of rotatable bonds is 4. The summed E-state index contributed by atoms with van der Waals surface area (Å²) in [6, 6.07) is 9.19. The Morgan fingerprint density at radius 2 is 1.88 bits per heavy atom. The molecule has 1 aromatic rings. The van der Waals surface area contributed by atoms with Crippen LogP contribution in [0.1, 0.15) is 25.3 Å². The summed E-state index contributed by atoms with van der Waals surface area (Å²) >= 11 is 0. The van der Waals surface area contributed by atoms with Gasteiger partial charge in [0.1, 0.15) is 6.61 Å². The van der Waals surface area contributed by atoms with Crippen molar-refractivity contribution in [3.05, 3.63) is 35.9 Å². The molecule has 0 fully saturated rings. The van der Waals surface area contributed by atoms with Crippen LogP contribution in [-0.2, 0) is 20.9 Å². The zero-order valence-electron chi connectivity index (χ0n) is 9.14. The van der Waals surface area contributed by atoms with Crippen LogP contribution in [0.2, 0.25) is 0 Å². The largest absolute Gasteiger partial charge is 0.516 e. The van der Waals surface area contributed by atoms with Crippen molar-refractivity contribution >= 4 is 12.1 Å². The van der Waals surface area contributed by atoms with E-state index in [1.807, 2.05) is 37.3 Å². The highest BCUT2D eigenvalue weighted by atomic mass is 16.7. The van der Waals surface area contributed by atoms with Crippen molar-refractivity contribution in [3.8, 4) is 0 Å². The van der Waals surface area contributed by atoms with E-state index in [9.17, 15) is 9.59 Å². The van der Waals surface area contributed by atoms with Crippen LogP contribution >= 0.6 is 0 Å². The first-order chi connectivity index (χ1) is 7.72. The van der Waals surface area contributed by atoms with Gasteiger partial charge >= 0.3 is 12.1 Å². The standard InChI is InChI=1S/C12H14O4/c1-2-6-11(13)16-12(14)15-9-10-7-4-3-5-8-10/h3-5,7-8H,2,6,9H2,1H3. The van der Waals surface area contributed by atoms with Crippen LogP contribution in [0.3, 0.4) is 0 Å². The molecule has 0 saturated heterocycles. The minimum atomic E-state index is -0.942. The number of esters is 1. The predicted molar refractivity (Wildman–Crippen MR) is 57.6 cm³/mol. The molecule has 4 heteroatoms. The predicted octanol–water partition coefficient (Wildman–Crippen LogP) is 2.67. The molecule has 1 rings (SSSR count). The van der Waals surface area contributed by atoms with Crippen molar-refractivity contribution in [1.82, 2.24) is 0 Å². The van der Waals surface area contributed by atoms with Crippen LogP contribution in [0.4, 0.5) is 4.79 Å². The first-order valence-corrected chi connectivity index (χ1v) is 5.13. The summed E-state index contributed by atoms with van der Waals surface area (Å²) in [5, 5.41) is 0. The van der Waals surface area contributed by atoms with Crippen molar-refractivity contribution in [2.45, 2.75) is 26.4 Å². The minimum absolute atomic E-state index is 0.110. The Morgan fingerprint density at radius 3 is 2.50 bits per heavy atom. The highest BCUT2D eigenvalue weighted by molar-refractivity contribution is 5.81. The number of carbonyl (C=O) groups excluding carboxylic acids is 2. The molecule has 0 amide bonds. The topological polar surface area (TPSA) is 52.6 Å². The fourth-order valence-electron chi connectivity index (χ4n) is 1.09. The lowest BCUT2D eigenvalue weighted by Gasteiger charge is -2.04. The van der Waals surface area contributed by atoms with Crippen molar-refractivity contribution in [3.63, 3.8) is 0 Å². The molecule has 0 spiro atoms. The van der Waals surface area contributed by atoms with Gasteiger partial charge in [-0.1, -0.05) is 37.3 Å². The van der Waals surface area contributed by atoms with E-state index in [0.717, 1.165) is 5.56 Å². The van der Waals surface area contributed by atoms with Gasteiger partial charge in [-0.3, -0.25) is 4.79 Å². The Labute approximate surface area is 94.2 Å². The maximum absolute atomic E-state index is 11.0. The minimum Gasteiger partial charge on any atom is -0.429 e. The molecule has 0 aromatic heterocycles.